The lowest BCUT2D eigenvalue weighted by atomic mass is 9.81. The van der Waals surface area contributed by atoms with Crippen LogP contribution in [-0.4, -0.2) is 37.1 Å². The van der Waals surface area contributed by atoms with Gasteiger partial charge < -0.3 is 14.0 Å². The van der Waals surface area contributed by atoms with Gasteiger partial charge in [-0.05, 0) is 36.5 Å². The normalized spacial score (nSPS) is 14.1. The third kappa shape index (κ3) is 3.60. The Bertz CT molecular complexity index is 1420. The monoisotopic (exact) mass is 442 g/mol. The molecule has 1 aliphatic carbocycles. The van der Waals surface area contributed by atoms with Crippen LogP contribution in [0.25, 0.3) is 27.9 Å². The highest BCUT2D eigenvalue weighted by Gasteiger charge is 2.20. The van der Waals surface area contributed by atoms with E-state index in [-0.39, 0.29) is 0 Å². The van der Waals surface area contributed by atoms with Crippen molar-refractivity contribution in [3.63, 3.8) is 0 Å². The van der Waals surface area contributed by atoms with Crippen molar-refractivity contribution >= 4 is 16.4 Å². The molecular weight excluding hydrogens is 420 g/mol. The number of methoxy groups -OCH3 is 1. The van der Waals surface area contributed by atoms with Gasteiger partial charge in [-0.3, -0.25) is 4.98 Å². The van der Waals surface area contributed by atoms with E-state index in [1.54, 1.807) is 17.7 Å². The lowest BCUT2D eigenvalue weighted by Crippen LogP contribution is -2.09. The van der Waals surface area contributed by atoms with Crippen LogP contribution in [0.2, 0.25) is 0 Å². The Morgan fingerprint density at radius 2 is 1.94 bits per heavy atom. The number of fused-ring (bicyclic) bond motifs is 3. The summed E-state index contributed by atoms with van der Waals surface area (Å²) in [5, 5.41) is 19.2. The molecule has 1 fully saturated rings. The Kier molecular flexibility index (Phi) is 4.95. The van der Waals surface area contributed by atoms with Crippen LogP contribution in [0, 0.1) is 0 Å². The van der Waals surface area contributed by atoms with Crippen molar-refractivity contribution in [2.24, 2.45) is 0 Å². The molecule has 0 N–H and O–H groups in total. The van der Waals surface area contributed by atoms with Crippen molar-refractivity contribution in [3.05, 3.63) is 65.7 Å². The van der Waals surface area contributed by atoms with E-state index in [4.69, 9.17) is 19.1 Å². The van der Waals surface area contributed by atoms with Crippen LogP contribution in [0.15, 0.2) is 53.2 Å². The van der Waals surface area contributed by atoms with Gasteiger partial charge in [0.15, 0.2) is 17.1 Å². The predicted molar refractivity (Wildman–Crippen MR) is 120 cm³/mol. The van der Waals surface area contributed by atoms with E-state index in [2.05, 4.69) is 26.4 Å². The first-order chi connectivity index (χ1) is 16.3. The van der Waals surface area contributed by atoms with Gasteiger partial charge in [-0.25, -0.2) is 0 Å². The van der Waals surface area contributed by atoms with Crippen LogP contribution in [0.1, 0.15) is 42.2 Å². The molecule has 33 heavy (non-hydrogen) atoms. The van der Waals surface area contributed by atoms with Crippen LogP contribution < -0.4 is 4.74 Å². The zero-order valence-corrected chi connectivity index (χ0v) is 18.1. The summed E-state index contributed by atoms with van der Waals surface area (Å²) in [6.45, 7) is 0.633. The molecule has 0 unspecified atom stereocenters. The van der Waals surface area contributed by atoms with Crippen LogP contribution in [0.4, 0.5) is 0 Å². The average Bonchev–Trinajstić information content (AvgIpc) is 3.44. The maximum atomic E-state index is 6.14. The van der Waals surface area contributed by atoms with Gasteiger partial charge in [0.05, 0.1) is 5.69 Å². The van der Waals surface area contributed by atoms with Crippen LogP contribution >= 0.6 is 0 Å². The highest BCUT2D eigenvalue weighted by atomic mass is 16.5. The highest BCUT2D eigenvalue weighted by Crippen LogP contribution is 2.36. The van der Waals surface area contributed by atoms with Crippen molar-refractivity contribution in [3.8, 4) is 17.4 Å². The maximum absolute atomic E-state index is 6.14. The topological polar surface area (TPSA) is 100 Å². The molecule has 9 nitrogen and oxygen atoms in total. The summed E-state index contributed by atoms with van der Waals surface area (Å²) in [5.74, 6) is 2.20. The second-order valence-electron chi connectivity index (χ2n) is 8.22. The Labute approximate surface area is 189 Å². The quantitative estimate of drug-likeness (QED) is 0.367. The summed E-state index contributed by atoms with van der Waals surface area (Å²) in [6, 6.07) is 13.8. The lowest BCUT2D eigenvalue weighted by molar-refractivity contribution is 0.156. The lowest BCUT2D eigenvalue weighted by Gasteiger charge is -2.25. The fourth-order valence-electron chi connectivity index (χ4n) is 4.09. The molecule has 4 heterocycles. The average molecular weight is 442 g/mol. The van der Waals surface area contributed by atoms with Crippen molar-refractivity contribution in [2.45, 2.75) is 38.4 Å². The minimum absolute atomic E-state index is 0.312. The van der Waals surface area contributed by atoms with E-state index in [1.807, 2.05) is 36.5 Å². The van der Waals surface area contributed by atoms with Crippen molar-refractivity contribution < 1.29 is 14.0 Å². The van der Waals surface area contributed by atoms with Gasteiger partial charge >= 0.3 is 0 Å². The molecule has 0 spiro atoms. The van der Waals surface area contributed by atoms with E-state index >= 15 is 0 Å². The van der Waals surface area contributed by atoms with Gasteiger partial charge in [0.1, 0.15) is 13.2 Å². The summed E-state index contributed by atoms with van der Waals surface area (Å²) < 4.78 is 18.2. The number of aromatic nitrogens is 6. The van der Waals surface area contributed by atoms with Gasteiger partial charge in [-0.2, -0.15) is 4.52 Å². The number of ether oxygens (including phenoxy) is 2. The molecule has 0 aliphatic heterocycles. The zero-order chi connectivity index (χ0) is 22.2. The third-order valence-corrected chi connectivity index (χ3v) is 6.09. The number of benzene rings is 1. The third-order valence-electron chi connectivity index (χ3n) is 6.09. The first kappa shape index (κ1) is 19.8. The van der Waals surface area contributed by atoms with Gasteiger partial charge in [-0.1, -0.05) is 35.8 Å². The Hall–Kier alpha value is -3.85. The summed E-state index contributed by atoms with van der Waals surface area (Å²) in [5.41, 5.74) is 3.31. The van der Waals surface area contributed by atoms with Gasteiger partial charge in [0.25, 0.3) is 0 Å². The van der Waals surface area contributed by atoms with E-state index in [1.165, 1.54) is 24.8 Å². The Balaban J connectivity index is 1.35. The molecule has 0 saturated heterocycles. The first-order valence-electron chi connectivity index (χ1n) is 11.0. The van der Waals surface area contributed by atoms with Crippen molar-refractivity contribution in [2.75, 3.05) is 7.11 Å². The summed E-state index contributed by atoms with van der Waals surface area (Å²) in [4.78, 5) is 4.60. The zero-order valence-electron chi connectivity index (χ0n) is 18.1. The van der Waals surface area contributed by atoms with Crippen LogP contribution in [0.5, 0.6) is 5.88 Å². The van der Waals surface area contributed by atoms with Crippen molar-refractivity contribution in [1.82, 2.24) is 30.0 Å². The molecule has 0 atom stereocenters. The molecule has 4 aromatic heterocycles. The van der Waals surface area contributed by atoms with Gasteiger partial charge in [0.2, 0.25) is 11.7 Å². The number of rotatable bonds is 7. The standard InChI is InChI=1S/C24H22N6O3/c1-31-14-18-11-21(29-33-18)23-27-26-22-19-7-2-3-8-20(19)24(28-30(22)23)32-13-17-10-9-16(12-25-17)15-5-4-6-15/h2-3,7-12,15H,4-6,13-14H2,1H3. The number of pyridine rings is 1. The number of nitrogens with zero attached hydrogens (tertiary/aromatic N) is 6. The number of hydrogen-bond acceptors (Lipinski definition) is 8. The SMILES string of the molecule is COCc1cc(-c2nnc3c4ccccc4c(OCc4ccc(C5CCC5)cn4)nn23)no1. The molecule has 166 valence electrons. The summed E-state index contributed by atoms with van der Waals surface area (Å²) in [6.07, 6.45) is 5.79. The molecule has 1 aromatic carbocycles. The minimum Gasteiger partial charge on any atom is -0.470 e. The molecule has 5 aromatic rings. The first-order valence-corrected chi connectivity index (χ1v) is 11.0. The van der Waals surface area contributed by atoms with Gasteiger partial charge in [0, 0.05) is 30.1 Å². The van der Waals surface area contributed by atoms with E-state index in [9.17, 15) is 0 Å². The summed E-state index contributed by atoms with van der Waals surface area (Å²) in [7, 11) is 1.60. The van der Waals surface area contributed by atoms with Crippen LogP contribution in [-0.2, 0) is 18.0 Å². The van der Waals surface area contributed by atoms with Crippen LogP contribution in [0.3, 0.4) is 0 Å². The maximum Gasteiger partial charge on any atom is 0.240 e. The second-order valence-corrected chi connectivity index (χ2v) is 8.22. The molecule has 0 radical (unpaired) electrons. The molecule has 0 bridgehead atoms. The van der Waals surface area contributed by atoms with Gasteiger partial charge in [-0.15, -0.1) is 15.3 Å². The second kappa shape index (κ2) is 8.25. The molecule has 9 heteroatoms. The molecular formula is C24H22N6O3. The largest absolute Gasteiger partial charge is 0.470 e. The fourth-order valence-corrected chi connectivity index (χ4v) is 4.09. The minimum atomic E-state index is 0.312. The Morgan fingerprint density at radius 3 is 2.70 bits per heavy atom. The molecule has 1 saturated carbocycles. The predicted octanol–water partition coefficient (Wildman–Crippen LogP) is 4.32. The molecule has 0 amide bonds. The van der Waals surface area contributed by atoms with E-state index < -0.39 is 0 Å². The van der Waals surface area contributed by atoms with Crippen molar-refractivity contribution in [1.29, 1.82) is 0 Å². The molecule has 1 aliphatic rings. The fraction of sp³-hybridized carbons (Fsp3) is 0.292. The van der Waals surface area contributed by atoms with E-state index in [0.717, 1.165) is 16.5 Å². The van der Waals surface area contributed by atoms with E-state index in [0.29, 0.717) is 47.9 Å². The smallest absolute Gasteiger partial charge is 0.240 e. The highest BCUT2D eigenvalue weighted by molar-refractivity contribution is 5.96. The summed E-state index contributed by atoms with van der Waals surface area (Å²) >= 11 is 0. The number of hydrogen-bond donors (Lipinski definition) is 0. The Morgan fingerprint density at radius 1 is 1.06 bits per heavy atom. The molecule has 6 rings (SSSR count).